The number of nitrogens with one attached hydrogen (secondary N) is 1. The number of morpholine rings is 1. The molecular weight excluding hydrogens is 288 g/mol. The van der Waals surface area contributed by atoms with Gasteiger partial charge < -0.3 is 19.7 Å². The van der Waals surface area contributed by atoms with Gasteiger partial charge in [-0.15, -0.1) is 11.8 Å². The van der Waals surface area contributed by atoms with Crippen LogP contribution in [0.15, 0.2) is 23.1 Å². The first-order valence-electron chi connectivity index (χ1n) is 6.94. The molecule has 6 heteroatoms. The number of hydrogen-bond donors (Lipinski definition) is 1. The number of likely N-dealkylation sites (N-methyl/N-ethyl adjacent to an activating group) is 1. The first-order chi connectivity index (χ1) is 10.2. The predicted octanol–water partition coefficient (Wildman–Crippen LogP) is 1.36. The van der Waals surface area contributed by atoms with E-state index in [9.17, 15) is 4.79 Å². The fourth-order valence-corrected chi connectivity index (χ4v) is 2.85. The van der Waals surface area contributed by atoms with Crippen molar-refractivity contribution in [2.24, 2.45) is 0 Å². The number of methoxy groups -OCH3 is 1. The quantitative estimate of drug-likeness (QED) is 0.832. The van der Waals surface area contributed by atoms with Crippen LogP contribution in [0, 0.1) is 0 Å². The van der Waals surface area contributed by atoms with E-state index in [-0.39, 0.29) is 12.0 Å². The third-order valence-electron chi connectivity index (χ3n) is 3.45. The molecule has 1 aromatic carbocycles. The van der Waals surface area contributed by atoms with Crippen LogP contribution in [-0.2, 0) is 16.1 Å². The largest absolute Gasteiger partial charge is 0.496 e. The van der Waals surface area contributed by atoms with E-state index in [1.807, 2.05) is 24.5 Å². The number of carbonyl (C=O) groups excluding carboxylic acids is 1. The molecule has 1 amide bonds. The Balaban J connectivity index is 2.01. The number of amides is 1. The summed E-state index contributed by atoms with van der Waals surface area (Å²) in [5, 5.41) is 3.17. The highest BCUT2D eigenvalue weighted by molar-refractivity contribution is 7.98. The predicted molar refractivity (Wildman–Crippen MR) is 83.9 cm³/mol. The van der Waals surface area contributed by atoms with E-state index in [0.29, 0.717) is 19.7 Å². The van der Waals surface area contributed by atoms with E-state index in [1.54, 1.807) is 30.8 Å². The average Bonchev–Trinajstić information content (AvgIpc) is 2.54. The van der Waals surface area contributed by atoms with Crippen molar-refractivity contribution in [2.75, 3.05) is 40.1 Å². The van der Waals surface area contributed by atoms with E-state index < -0.39 is 0 Å². The number of ether oxygens (including phenoxy) is 2. The van der Waals surface area contributed by atoms with Crippen LogP contribution in [0.1, 0.15) is 5.56 Å². The molecule has 1 fully saturated rings. The number of hydrogen-bond acceptors (Lipinski definition) is 5. The number of benzene rings is 1. The van der Waals surface area contributed by atoms with Crippen molar-refractivity contribution < 1.29 is 14.3 Å². The zero-order valence-electron chi connectivity index (χ0n) is 12.7. The molecule has 0 saturated carbocycles. The van der Waals surface area contributed by atoms with Crippen molar-refractivity contribution in [3.05, 3.63) is 23.8 Å². The summed E-state index contributed by atoms with van der Waals surface area (Å²) in [6, 6.07) is 6.03. The summed E-state index contributed by atoms with van der Waals surface area (Å²) in [6.45, 7) is 2.52. The third-order valence-corrected chi connectivity index (χ3v) is 4.22. The van der Waals surface area contributed by atoms with E-state index >= 15 is 0 Å². The lowest BCUT2D eigenvalue weighted by Crippen LogP contribution is -2.48. The maximum atomic E-state index is 12.3. The van der Waals surface area contributed by atoms with Crippen molar-refractivity contribution in [3.63, 3.8) is 0 Å². The Morgan fingerprint density at radius 2 is 2.38 bits per heavy atom. The topological polar surface area (TPSA) is 50.8 Å². The second kappa shape index (κ2) is 7.68. The van der Waals surface area contributed by atoms with Crippen molar-refractivity contribution in [1.29, 1.82) is 0 Å². The second-order valence-corrected chi connectivity index (χ2v) is 5.80. The molecule has 1 aliphatic heterocycles. The molecule has 5 nitrogen and oxygen atoms in total. The van der Waals surface area contributed by atoms with Crippen LogP contribution in [0.3, 0.4) is 0 Å². The molecule has 0 radical (unpaired) electrons. The fourth-order valence-electron chi connectivity index (χ4n) is 2.30. The highest BCUT2D eigenvalue weighted by atomic mass is 32.2. The van der Waals surface area contributed by atoms with Gasteiger partial charge in [0.2, 0.25) is 0 Å². The van der Waals surface area contributed by atoms with Crippen LogP contribution in [-0.4, -0.2) is 57.0 Å². The normalized spacial score (nSPS) is 18.3. The minimum Gasteiger partial charge on any atom is -0.496 e. The number of nitrogens with zero attached hydrogens (tertiary/aromatic N) is 1. The lowest BCUT2D eigenvalue weighted by molar-refractivity contribution is -0.144. The van der Waals surface area contributed by atoms with Gasteiger partial charge in [0.1, 0.15) is 11.9 Å². The fraction of sp³-hybridized carbons (Fsp3) is 0.533. The molecule has 0 spiro atoms. The van der Waals surface area contributed by atoms with Crippen LogP contribution >= 0.6 is 11.8 Å². The van der Waals surface area contributed by atoms with Crippen molar-refractivity contribution in [1.82, 2.24) is 10.2 Å². The average molecular weight is 310 g/mol. The molecule has 1 saturated heterocycles. The maximum absolute atomic E-state index is 12.3. The summed E-state index contributed by atoms with van der Waals surface area (Å²) < 4.78 is 10.9. The van der Waals surface area contributed by atoms with Gasteiger partial charge in [0.25, 0.3) is 5.91 Å². The van der Waals surface area contributed by atoms with Gasteiger partial charge in [-0.1, -0.05) is 6.07 Å². The van der Waals surface area contributed by atoms with Crippen molar-refractivity contribution in [3.8, 4) is 5.75 Å². The molecule has 21 heavy (non-hydrogen) atoms. The molecule has 1 heterocycles. The molecular formula is C15H22N2O3S. The van der Waals surface area contributed by atoms with Crippen molar-refractivity contribution >= 4 is 17.7 Å². The van der Waals surface area contributed by atoms with Crippen LogP contribution in [0.5, 0.6) is 5.75 Å². The number of carbonyl (C=O) groups is 1. The molecule has 2 rings (SSSR count). The van der Waals surface area contributed by atoms with Gasteiger partial charge in [0.15, 0.2) is 0 Å². The van der Waals surface area contributed by atoms with Crippen LogP contribution in [0.25, 0.3) is 0 Å². The first kappa shape index (κ1) is 16.1. The zero-order chi connectivity index (χ0) is 15.2. The summed E-state index contributed by atoms with van der Waals surface area (Å²) in [5.41, 5.74) is 1.05. The van der Waals surface area contributed by atoms with E-state index in [4.69, 9.17) is 9.47 Å². The SMILES string of the molecule is COc1cc(CN(C)C(=O)C2CNCCO2)ccc1SC. The van der Waals surface area contributed by atoms with E-state index in [2.05, 4.69) is 5.32 Å². The number of thioether (sulfide) groups is 1. The Hall–Kier alpha value is -1.24. The summed E-state index contributed by atoms with van der Waals surface area (Å²) in [5.74, 6) is 0.853. The summed E-state index contributed by atoms with van der Waals surface area (Å²) in [6.07, 6.45) is 1.64. The van der Waals surface area contributed by atoms with E-state index in [1.165, 1.54) is 0 Å². The number of rotatable bonds is 5. The summed E-state index contributed by atoms with van der Waals surface area (Å²) >= 11 is 1.64. The molecule has 1 N–H and O–H groups in total. The Kier molecular flexibility index (Phi) is 5.90. The van der Waals surface area contributed by atoms with Crippen molar-refractivity contribution in [2.45, 2.75) is 17.5 Å². The smallest absolute Gasteiger partial charge is 0.253 e. The van der Waals surface area contributed by atoms with Crippen LogP contribution < -0.4 is 10.1 Å². The molecule has 1 aliphatic rings. The summed E-state index contributed by atoms with van der Waals surface area (Å²) in [7, 11) is 3.46. The van der Waals surface area contributed by atoms with Gasteiger partial charge in [-0.05, 0) is 24.0 Å². The summed E-state index contributed by atoms with van der Waals surface area (Å²) in [4.78, 5) is 15.1. The highest BCUT2D eigenvalue weighted by Gasteiger charge is 2.24. The molecule has 0 aromatic heterocycles. The van der Waals surface area contributed by atoms with Crippen LogP contribution in [0.4, 0.5) is 0 Å². The Labute approximate surface area is 130 Å². The highest BCUT2D eigenvalue weighted by Crippen LogP contribution is 2.28. The maximum Gasteiger partial charge on any atom is 0.253 e. The van der Waals surface area contributed by atoms with Gasteiger partial charge in [0, 0.05) is 31.6 Å². The molecule has 0 aliphatic carbocycles. The molecule has 0 bridgehead atoms. The minimum atomic E-state index is -0.379. The molecule has 116 valence electrons. The second-order valence-electron chi connectivity index (χ2n) is 4.95. The van der Waals surface area contributed by atoms with Gasteiger partial charge in [-0.3, -0.25) is 4.79 Å². The Morgan fingerprint density at radius 3 is 3.00 bits per heavy atom. The van der Waals surface area contributed by atoms with Gasteiger partial charge in [0.05, 0.1) is 13.7 Å². The van der Waals surface area contributed by atoms with E-state index in [0.717, 1.165) is 22.8 Å². The third kappa shape index (κ3) is 4.12. The van der Waals surface area contributed by atoms with Gasteiger partial charge in [-0.2, -0.15) is 0 Å². The Morgan fingerprint density at radius 1 is 1.57 bits per heavy atom. The minimum absolute atomic E-state index is 0.00936. The molecule has 1 aromatic rings. The molecule has 1 atom stereocenters. The van der Waals surface area contributed by atoms with Gasteiger partial charge >= 0.3 is 0 Å². The standard InChI is InChI=1S/C15H22N2O3S/c1-17(15(18)13-9-16-6-7-20-13)10-11-4-5-14(21-3)12(8-11)19-2/h4-5,8,13,16H,6-7,9-10H2,1-3H3. The zero-order valence-corrected chi connectivity index (χ0v) is 13.5. The first-order valence-corrected chi connectivity index (χ1v) is 8.16. The van der Waals surface area contributed by atoms with Crippen LogP contribution in [0.2, 0.25) is 0 Å². The Bertz CT molecular complexity index is 490. The molecule has 1 unspecified atom stereocenters. The lowest BCUT2D eigenvalue weighted by Gasteiger charge is -2.27. The monoisotopic (exact) mass is 310 g/mol. The lowest BCUT2D eigenvalue weighted by atomic mass is 10.2. The van der Waals surface area contributed by atoms with Gasteiger partial charge in [-0.25, -0.2) is 0 Å².